The number of nitrogens with zero attached hydrogens (tertiary/aromatic N) is 1. The Morgan fingerprint density at radius 1 is 0.906 bits per heavy atom. The van der Waals surface area contributed by atoms with Crippen LogP contribution in [0, 0.1) is 0 Å². The van der Waals surface area contributed by atoms with Crippen LogP contribution in [0.25, 0.3) is 0 Å². The van der Waals surface area contributed by atoms with Crippen molar-refractivity contribution in [2.75, 3.05) is 26.1 Å². The van der Waals surface area contributed by atoms with E-state index in [1.807, 2.05) is 24.3 Å². The minimum absolute atomic E-state index is 0.00668. The molecule has 7 nitrogen and oxygen atoms in total. The molecular formula is C25H31N3O4. The third-order valence-electron chi connectivity index (χ3n) is 6.51. The topological polar surface area (TPSA) is 79.9 Å². The highest BCUT2D eigenvalue weighted by Gasteiger charge is 2.39. The highest BCUT2D eigenvalue weighted by atomic mass is 16.5. The number of nitrogens with one attached hydrogen (secondary N) is 2. The van der Waals surface area contributed by atoms with Gasteiger partial charge in [-0.3, -0.25) is 14.5 Å². The normalized spacial score (nSPS) is 22.6. The van der Waals surface area contributed by atoms with Crippen LogP contribution in [0.3, 0.4) is 0 Å². The molecule has 2 unspecified atom stereocenters. The largest absolute Gasteiger partial charge is 0.497 e. The Balaban J connectivity index is 1.33. The number of fused-ring (bicyclic) bond motifs is 2. The number of benzene rings is 2. The van der Waals surface area contributed by atoms with Crippen LogP contribution in [-0.4, -0.2) is 55.6 Å². The maximum atomic E-state index is 12.7. The van der Waals surface area contributed by atoms with E-state index in [1.54, 1.807) is 38.5 Å². The SMILES string of the molecule is COc1ccc(NC(=O)CN2C3CCCC2CC(NC(=O)c2ccc(OC)cc2)C3)cc1. The Bertz CT molecular complexity index is 915. The van der Waals surface area contributed by atoms with Crippen LogP contribution in [0.2, 0.25) is 0 Å². The van der Waals surface area contributed by atoms with Gasteiger partial charge in [0, 0.05) is 29.4 Å². The van der Waals surface area contributed by atoms with Gasteiger partial charge in [-0.05, 0) is 74.2 Å². The van der Waals surface area contributed by atoms with Gasteiger partial charge in [0.2, 0.25) is 5.91 Å². The van der Waals surface area contributed by atoms with Gasteiger partial charge in [0.25, 0.3) is 5.91 Å². The van der Waals surface area contributed by atoms with Crippen molar-refractivity contribution in [3.8, 4) is 11.5 Å². The lowest BCUT2D eigenvalue weighted by Crippen LogP contribution is -2.58. The number of carbonyl (C=O) groups is 2. The minimum Gasteiger partial charge on any atom is -0.497 e. The van der Waals surface area contributed by atoms with Gasteiger partial charge < -0.3 is 20.1 Å². The van der Waals surface area contributed by atoms with Crippen LogP contribution in [-0.2, 0) is 4.79 Å². The molecule has 2 fully saturated rings. The first kappa shape index (κ1) is 22.1. The van der Waals surface area contributed by atoms with Crippen molar-refractivity contribution in [3.05, 3.63) is 54.1 Å². The maximum absolute atomic E-state index is 12.7. The summed E-state index contributed by atoms with van der Waals surface area (Å²) in [6.45, 7) is 0.376. The predicted octanol–water partition coefficient (Wildman–Crippen LogP) is 3.46. The predicted molar refractivity (Wildman–Crippen MR) is 123 cm³/mol. The van der Waals surface area contributed by atoms with E-state index < -0.39 is 0 Å². The van der Waals surface area contributed by atoms with Crippen LogP contribution in [0.15, 0.2) is 48.5 Å². The van der Waals surface area contributed by atoms with E-state index in [9.17, 15) is 9.59 Å². The fourth-order valence-electron chi connectivity index (χ4n) is 4.91. The van der Waals surface area contributed by atoms with E-state index in [4.69, 9.17) is 9.47 Å². The van der Waals surface area contributed by atoms with Gasteiger partial charge in [-0.1, -0.05) is 6.42 Å². The fourth-order valence-corrected chi connectivity index (χ4v) is 4.91. The second kappa shape index (κ2) is 10.0. The number of anilines is 1. The summed E-state index contributed by atoms with van der Waals surface area (Å²) in [5.74, 6) is 1.43. The first-order chi connectivity index (χ1) is 15.6. The van der Waals surface area contributed by atoms with Crippen molar-refractivity contribution in [2.24, 2.45) is 0 Å². The molecule has 2 aliphatic heterocycles. The maximum Gasteiger partial charge on any atom is 0.251 e. The molecule has 2 atom stereocenters. The summed E-state index contributed by atoms with van der Waals surface area (Å²) < 4.78 is 10.3. The number of piperidine rings is 2. The van der Waals surface area contributed by atoms with Crippen molar-refractivity contribution < 1.29 is 19.1 Å². The molecule has 2 bridgehead atoms. The third kappa shape index (κ3) is 5.22. The second-order valence-electron chi connectivity index (χ2n) is 8.56. The summed E-state index contributed by atoms with van der Waals surface area (Å²) in [5.41, 5.74) is 1.40. The summed E-state index contributed by atoms with van der Waals surface area (Å²) in [4.78, 5) is 27.7. The summed E-state index contributed by atoms with van der Waals surface area (Å²) in [5, 5.41) is 6.19. The van der Waals surface area contributed by atoms with Gasteiger partial charge in [0.15, 0.2) is 0 Å². The van der Waals surface area contributed by atoms with E-state index in [2.05, 4.69) is 15.5 Å². The first-order valence-corrected chi connectivity index (χ1v) is 11.2. The Morgan fingerprint density at radius 3 is 2.03 bits per heavy atom. The van der Waals surface area contributed by atoms with Crippen molar-refractivity contribution in [2.45, 2.75) is 50.2 Å². The number of hydrogen-bond donors (Lipinski definition) is 2. The van der Waals surface area contributed by atoms with E-state index in [0.29, 0.717) is 24.2 Å². The molecule has 2 N–H and O–H groups in total. The third-order valence-corrected chi connectivity index (χ3v) is 6.51. The Labute approximate surface area is 189 Å². The van der Waals surface area contributed by atoms with Crippen LogP contribution in [0.4, 0.5) is 5.69 Å². The van der Waals surface area contributed by atoms with Crippen LogP contribution in [0.1, 0.15) is 42.5 Å². The molecule has 32 heavy (non-hydrogen) atoms. The van der Waals surface area contributed by atoms with Crippen LogP contribution in [0.5, 0.6) is 11.5 Å². The Kier molecular flexibility index (Phi) is 6.95. The molecule has 2 aromatic rings. The average Bonchev–Trinajstić information content (AvgIpc) is 2.80. The molecule has 170 valence electrons. The highest BCUT2D eigenvalue weighted by molar-refractivity contribution is 5.94. The van der Waals surface area contributed by atoms with Crippen molar-refractivity contribution in [1.82, 2.24) is 10.2 Å². The first-order valence-electron chi connectivity index (χ1n) is 11.2. The molecule has 0 saturated carbocycles. The number of hydrogen-bond acceptors (Lipinski definition) is 5. The zero-order valence-electron chi connectivity index (χ0n) is 18.7. The molecule has 2 heterocycles. The van der Waals surface area contributed by atoms with E-state index >= 15 is 0 Å². The number of rotatable bonds is 7. The van der Waals surface area contributed by atoms with Gasteiger partial charge in [0.05, 0.1) is 20.8 Å². The quantitative estimate of drug-likeness (QED) is 0.694. The Hall–Kier alpha value is -3.06. The van der Waals surface area contributed by atoms with Crippen molar-refractivity contribution in [1.29, 1.82) is 0 Å². The number of ether oxygens (including phenoxy) is 2. The second-order valence-corrected chi connectivity index (χ2v) is 8.56. The van der Waals surface area contributed by atoms with Crippen LogP contribution >= 0.6 is 0 Å². The van der Waals surface area contributed by atoms with Gasteiger partial charge in [-0.15, -0.1) is 0 Å². The molecule has 0 aliphatic carbocycles. The summed E-state index contributed by atoms with van der Waals surface area (Å²) in [6.07, 6.45) is 5.02. The molecule has 0 spiro atoms. The fraction of sp³-hybridized carbons (Fsp3) is 0.440. The van der Waals surface area contributed by atoms with Crippen molar-refractivity contribution in [3.63, 3.8) is 0 Å². The molecule has 0 aromatic heterocycles. The van der Waals surface area contributed by atoms with Gasteiger partial charge in [-0.2, -0.15) is 0 Å². The molecule has 0 radical (unpaired) electrons. The molecule has 2 aromatic carbocycles. The molecule has 7 heteroatoms. The van der Waals surface area contributed by atoms with E-state index in [-0.39, 0.29) is 17.9 Å². The monoisotopic (exact) mass is 437 g/mol. The number of carbonyl (C=O) groups excluding carboxylic acids is 2. The Morgan fingerprint density at radius 2 is 1.47 bits per heavy atom. The zero-order chi connectivity index (χ0) is 22.5. The highest BCUT2D eigenvalue weighted by Crippen LogP contribution is 2.34. The molecule has 2 amide bonds. The lowest BCUT2D eigenvalue weighted by atomic mass is 9.81. The molecule has 4 rings (SSSR count). The average molecular weight is 438 g/mol. The number of methoxy groups -OCH3 is 2. The molecule has 2 saturated heterocycles. The van der Waals surface area contributed by atoms with Gasteiger partial charge in [-0.25, -0.2) is 0 Å². The van der Waals surface area contributed by atoms with Crippen LogP contribution < -0.4 is 20.1 Å². The summed E-state index contributed by atoms with van der Waals surface area (Å²) in [7, 11) is 3.23. The standard InChI is InChI=1S/C25H31N3O4/c1-31-22-10-6-17(7-11-22)25(30)27-19-14-20-4-3-5-21(15-19)28(20)16-24(29)26-18-8-12-23(32-2)13-9-18/h6-13,19-21H,3-5,14-16H2,1-2H3,(H,26,29)(H,27,30). The smallest absolute Gasteiger partial charge is 0.251 e. The number of amides is 2. The van der Waals surface area contributed by atoms with E-state index in [0.717, 1.165) is 42.9 Å². The van der Waals surface area contributed by atoms with E-state index in [1.165, 1.54) is 6.42 Å². The lowest BCUT2D eigenvalue weighted by molar-refractivity contribution is -0.120. The zero-order valence-corrected chi connectivity index (χ0v) is 18.7. The molecular weight excluding hydrogens is 406 g/mol. The van der Waals surface area contributed by atoms with Gasteiger partial charge in [0.1, 0.15) is 11.5 Å². The minimum atomic E-state index is -0.0542. The van der Waals surface area contributed by atoms with Gasteiger partial charge >= 0.3 is 0 Å². The summed E-state index contributed by atoms with van der Waals surface area (Å²) in [6, 6.07) is 15.3. The van der Waals surface area contributed by atoms with Crippen molar-refractivity contribution >= 4 is 17.5 Å². The molecule has 2 aliphatic rings. The lowest BCUT2D eigenvalue weighted by Gasteiger charge is -2.48. The summed E-state index contributed by atoms with van der Waals surface area (Å²) >= 11 is 0.